The molecule has 0 aliphatic rings. The third-order valence-corrected chi connectivity index (χ3v) is 3.84. The lowest BCUT2D eigenvalue weighted by Gasteiger charge is -2.18. The second-order valence-electron chi connectivity index (χ2n) is 5.69. The van der Waals surface area contributed by atoms with Gasteiger partial charge in [0.05, 0.1) is 17.4 Å². The van der Waals surface area contributed by atoms with Crippen LogP contribution in [-0.2, 0) is 0 Å². The van der Waals surface area contributed by atoms with Crippen LogP contribution in [0.15, 0.2) is 41.1 Å². The first-order chi connectivity index (χ1) is 10.5. The third-order valence-electron chi connectivity index (χ3n) is 3.31. The summed E-state index contributed by atoms with van der Waals surface area (Å²) in [6.07, 6.45) is 4.16. The molecule has 1 unspecified atom stereocenters. The van der Waals surface area contributed by atoms with Gasteiger partial charge in [0, 0.05) is 23.3 Å². The topological polar surface area (TPSA) is 72.9 Å². The number of carbonyl (C=O) groups excluding carboxylic acids is 1. The van der Waals surface area contributed by atoms with Gasteiger partial charge in [-0.3, -0.25) is 4.79 Å². The molecule has 0 saturated heterocycles. The van der Waals surface area contributed by atoms with E-state index in [-0.39, 0.29) is 11.9 Å². The molecule has 0 aliphatic heterocycles. The summed E-state index contributed by atoms with van der Waals surface area (Å²) in [6, 6.07) is 7.72. The number of nitrogens with two attached hydrogens (primary N) is 1. The summed E-state index contributed by atoms with van der Waals surface area (Å²) in [5.74, 6) is 0.346. The summed E-state index contributed by atoms with van der Waals surface area (Å²) in [4.78, 5) is 12.3. The fourth-order valence-electron chi connectivity index (χ4n) is 2.23. The van der Waals surface area contributed by atoms with E-state index in [0.717, 1.165) is 16.6 Å². The minimum absolute atomic E-state index is 0.0106. The largest absolute Gasteiger partial charge is 0.348 e. The van der Waals surface area contributed by atoms with Gasteiger partial charge in [-0.25, -0.2) is 4.68 Å². The highest BCUT2D eigenvalue weighted by molar-refractivity contribution is 9.10. The quantitative estimate of drug-likeness (QED) is 0.827. The zero-order chi connectivity index (χ0) is 16.1. The number of rotatable bonds is 6. The highest BCUT2D eigenvalue weighted by Gasteiger charge is 2.15. The van der Waals surface area contributed by atoms with Gasteiger partial charge >= 0.3 is 0 Å². The average molecular weight is 365 g/mol. The van der Waals surface area contributed by atoms with Gasteiger partial charge in [-0.1, -0.05) is 29.8 Å². The van der Waals surface area contributed by atoms with Crippen LogP contribution in [0.1, 0.15) is 30.6 Å². The van der Waals surface area contributed by atoms with Crippen molar-refractivity contribution in [1.82, 2.24) is 15.1 Å². The maximum absolute atomic E-state index is 12.3. The van der Waals surface area contributed by atoms with E-state index in [2.05, 4.69) is 40.2 Å². The van der Waals surface area contributed by atoms with Crippen molar-refractivity contribution in [2.45, 2.75) is 26.3 Å². The van der Waals surface area contributed by atoms with E-state index in [1.165, 1.54) is 0 Å². The van der Waals surface area contributed by atoms with Crippen LogP contribution in [-0.4, -0.2) is 28.3 Å². The van der Waals surface area contributed by atoms with Crippen molar-refractivity contribution in [1.29, 1.82) is 0 Å². The standard InChI is InChI=1S/C16H21BrN4O/c1-11(2)7-14(8-18)20-16(22)12-9-19-21(10-12)15-5-3-13(17)4-6-15/h3-6,9-11,14H,7-8,18H2,1-2H3,(H,20,22). The second-order valence-corrected chi connectivity index (χ2v) is 6.60. The van der Waals surface area contributed by atoms with Gasteiger partial charge < -0.3 is 11.1 Å². The predicted molar refractivity (Wildman–Crippen MR) is 91.0 cm³/mol. The fraction of sp³-hybridized carbons (Fsp3) is 0.375. The number of carbonyl (C=O) groups is 1. The van der Waals surface area contributed by atoms with E-state index in [4.69, 9.17) is 5.73 Å². The minimum Gasteiger partial charge on any atom is -0.348 e. The Kier molecular flexibility index (Phi) is 5.74. The normalized spacial score (nSPS) is 12.4. The van der Waals surface area contributed by atoms with Crippen molar-refractivity contribution in [3.05, 3.63) is 46.7 Å². The molecule has 1 amide bonds. The molecule has 1 aromatic carbocycles. The van der Waals surface area contributed by atoms with Crippen LogP contribution in [0, 0.1) is 5.92 Å². The number of benzene rings is 1. The molecule has 1 aromatic heterocycles. The van der Waals surface area contributed by atoms with Crippen LogP contribution < -0.4 is 11.1 Å². The van der Waals surface area contributed by atoms with Crippen LogP contribution in [0.5, 0.6) is 0 Å². The van der Waals surface area contributed by atoms with Crippen LogP contribution >= 0.6 is 15.9 Å². The Labute approximate surface area is 139 Å². The fourth-order valence-corrected chi connectivity index (χ4v) is 2.49. The first-order valence-corrected chi connectivity index (χ1v) is 8.10. The van der Waals surface area contributed by atoms with Crippen LogP contribution in [0.4, 0.5) is 0 Å². The number of nitrogens with zero attached hydrogens (tertiary/aromatic N) is 2. The Morgan fingerprint density at radius 1 is 1.36 bits per heavy atom. The summed E-state index contributed by atoms with van der Waals surface area (Å²) in [6.45, 7) is 4.66. The van der Waals surface area contributed by atoms with Crippen molar-refractivity contribution >= 4 is 21.8 Å². The van der Waals surface area contributed by atoms with Gasteiger partial charge in [-0.15, -0.1) is 0 Å². The molecule has 2 rings (SSSR count). The zero-order valence-corrected chi connectivity index (χ0v) is 14.4. The van der Waals surface area contributed by atoms with Gasteiger partial charge in [0.25, 0.3) is 5.91 Å². The van der Waals surface area contributed by atoms with Gasteiger partial charge in [-0.2, -0.15) is 5.10 Å². The van der Waals surface area contributed by atoms with Gasteiger partial charge in [0.1, 0.15) is 0 Å². The number of aromatic nitrogens is 2. The molecule has 2 aromatic rings. The molecule has 1 heterocycles. The smallest absolute Gasteiger partial charge is 0.254 e. The number of halogens is 1. The molecule has 3 N–H and O–H groups in total. The zero-order valence-electron chi connectivity index (χ0n) is 12.8. The summed E-state index contributed by atoms with van der Waals surface area (Å²) < 4.78 is 2.68. The molecule has 0 spiro atoms. The second kappa shape index (κ2) is 7.56. The van der Waals surface area contributed by atoms with Crippen LogP contribution in [0.3, 0.4) is 0 Å². The Bertz CT molecular complexity index is 621. The molecule has 5 nitrogen and oxygen atoms in total. The summed E-state index contributed by atoms with van der Waals surface area (Å²) in [5, 5.41) is 7.20. The summed E-state index contributed by atoms with van der Waals surface area (Å²) >= 11 is 3.40. The molecule has 0 bridgehead atoms. The van der Waals surface area contributed by atoms with Crippen LogP contribution in [0.25, 0.3) is 5.69 Å². The lowest BCUT2D eigenvalue weighted by Crippen LogP contribution is -2.40. The monoisotopic (exact) mass is 364 g/mol. The van der Waals surface area contributed by atoms with Gasteiger partial charge in [-0.05, 0) is 36.6 Å². The number of nitrogens with one attached hydrogen (secondary N) is 1. The van der Waals surface area contributed by atoms with Gasteiger partial charge in [0.2, 0.25) is 0 Å². The lowest BCUT2D eigenvalue weighted by molar-refractivity contribution is 0.0934. The number of hydrogen-bond donors (Lipinski definition) is 2. The molecular weight excluding hydrogens is 344 g/mol. The van der Waals surface area contributed by atoms with Crippen molar-refractivity contribution in [3.8, 4) is 5.69 Å². The molecule has 0 fully saturated rings. The molecule has 0 saturated carbocycles. The molecule has 118 valence electrons. The lowest BCUT2D eigenvalue weighted by atomic mass is 10.0. The molecule has 1 atom stereocenters. The van der Waals surface area contributed by atoms with Crippen molar-refractivity contribution in [3.63, 3.8) is 0 Å². The molecule has 0 aliphatic carbocycles. The van der Waals surface area contributed by atoms with E-state index in [1.54, 1.807) is 17.1 Å². The van der Waals surface area contributed by atoms with Crippen molar-refractivity contribution < 1.29 is 4.79 Å². The molecule has 22 heavy (non-hydrogen) atoms. The number of hydrogen-bond acceptors (Lipinski definition) is 3. The highest BCUT2D eigenvalue weighted by Crippen LogP contribution is 2.14. The third kappa shape index (κ3) is 4.42. The Morgan fingerprint density at radius 2 is 2.05 bits per heavy atom. The van der Waals surface area contributed by atoms with E-state index in [1.807, 2.05) is 24.3 Å². The predicted octanol–water partition coefficient (Wildman–Crippen LogP) is 2.74. The van der Waals surface area contributed by atoms with Crippen molar-refractivity contribution in [2.75, 3.05) is 6.54 Å². The van der Waals surface area contributed by atoms with Gasteiger partial charge in [0.15, 0.2) is 0 Å². The maximum atomic E-state index is 12.3. The Balaban J connectivity index is 2.07. The minimum atomic E-state index is -0.139. The highest BCUT2D eigenvalue weighted by atomic mass is 79.9. The first kappa shape index (κ1) is 16.7. The van der Waals surface area contributed by atoms with E-state index in [0.29, 0.717) is 18.0 Å². The first-order valence-electron chi connectivity index (χ1n) is 7.31. The average Bonchev–Trinajstić information content (AvgIpc) is 2.96. The molecule has 0 radical (unpaired) electrons. The summed E-state index contributed by atoms with van der Waals surface area (Å²) in [7, 11) is 0. The summed E-state index contributed by atoms with van der Waals surface area (Å²) in [5.41, 5.74) is 7.15. The molecule has 6 heteroatoms. The Hall–Kier alpha value is -1.66. The SMILES string of the molecule is CC(C)CC(CN)NC(=O)c1cnn(-c2ccc(Br)cc2)c1. The van der Waals surface area contributed by atoms with Crippen LogP contribution in [0.2, 0.25) is 0 Å². The maximum Gasteiger partial charge on any atom is 0.254 e. The van der Waals surface area contributed by atoms with E-state index in [9.17, 15) is 4.79 Å². The number of amides is 1. The van der Waals surface area contributed by atoms with E-state index < -0.39 is 0 Å². The van der Waals surface area contributed by atoms with E-state index >= 15 is 0 Å². The Morgan fingerprint density at radius 3 is 2.64 bits per heavy atom. The molecular formula is C16H21BrN4O. The van der Waals surface area contributed by atoms with Crippen molar-refractivity contribution in [2.24, 2.45) is 11.7 Å².